The maximum Gasteiger partial charge on any atom is 0.123 e. The van der Waals surface area contributed by atoms with Crippen LogP contribution >= 0.6 is 0 Å². The van der Waals surface area contributed by atoms with E-state index in [4.69, 9.17) is 4.74 Å². The molecule has 18 heavy (non-hydrogen) atoms. The van der Waals surface area contributed by atoms with Gasteiger partial charge in [-0.3, -0.25) is 0 Å². The van der Waals surface area contributed by atoms with E-state index < -0.39 is 0 Å². The fourth-order valence-electron chi connectivity index (χ4n) is 1.65. The Bertz CT molecular complexity index is 360. The summed E-state index contributed by atoms with van der Waals surface area (Å²) < 4.78 is 19.1. The minimum absolute atomic E-state index is 0.0416. The Morgan fingerprint density at radius 1 is 1.33 bits per heavy atom. The van der Waals surface area contributed by atoms with E-state index in [0.717, 1.165) is 18.5 Å². The van der Waals surface area contributed by atoms with E-state index in [2.05, 4.69) is 12.2 Å². The third-order valence-corrected chi connectivity index (χ3v) is 2.57. The Morgan fingerprint density at radius 3 is 2.61 bits per heavy atom. The first-order chi connectivity index (χ1) is 8.42. The zero-order chi connectivity index (χ0) is 13.6. The molecule has 102 valence electrons. The molecule has 0 amide bonds. The molecule has 1 atom stereocenters. The smallest absolute Gasteiger partial charge is 0.123 e. The van der Waals surface area contributed by atoms with E-state index in [1.165, 1.54) is 6.07 Å². The maximum atomic E-state index is 13.3. The molecular weight excluding hydrogens is 229 g/mol. The quantitative estimate of drug-likeness (QED) is 0.835. The van der Waals surface area contributed by atoms with Crippen molar-refractivity contribution in [1.82, 2.24) is 5.32 Å². The van der Waals surface area contributed by atoms with E-state index in [1.807, 2.05) is 26.8 Å². The molecule has 1 unspecified atom stereocenters. The molecular formula is C15H24FNO. The minimum atomic E-state index is -0.202. The predicted molar refractivity (Wildman–Crippen MR) is 73.1 cm³/mol. The second kappa shape index (κ2) is 6.86. The van der Waals surface area contributed by atoms with Crippen LogP contribution in [0, 0.1) is 5.82 Å². The van der Waals surface area contributed by atoms with E-state index >= 15 is 0 Å². The predicted octanol–water partition coefficient (Wildman–Crippen LogP) is 3.68. The molecule has 0 spiro atoms. The van der Waals surface area contributed by atoms with Gasteiger partial charge in [0.15, 0.2) is 0 Å². The lowest BCUT2D eigenvalue weighted by Gasteiger charge is -2.25. The minimum Gasteiger partial charge on any atom is -0.374 e. The van der Waals surface area contributed by atoms with Gasteiger partial charge in [0, 0.05) is 0 Å². The first-order valence-electron chi connectivity index (χ1n) is 6.55. The van der Waals surface area contributed by atoms with Gasteiger partial charge in [-0.1, -0.05) is 19.1 Å². The zero-order valence-corrected chi connectivity index (χ0v) is 11.8. The summed E-state index contributed by atoms with van der Waals surface area (Å²) in [6.07, 6.45) is 1.04. The summed E-state index contributed by atoms with van der Waals surface area (Å²) in [5.41, 5.74) is 0.757. The molecule has 0 bridgehead atoms. The summed E-state index contributed by atoms with van der Waals surface area (Å²) in [5, 5.41) is 3.39. The highest BCUT2D eigenvalue weighted by atomic mass is 19.1. The van der Waals surface area contributed by atoms with Crippen LogP contribution in [0.2, 0.25) is 0 Å². The van der Waals surface area contributed by atoms with Crippen LogP contribution < -0.4 is 5.32 Å². The summed E-state index contributed by atoms with van der Waals surface area (Å²) in [7, 11) is 0. The van der Waals surface area contributed by atoms with E-state index in [9.17, 15) is 4.39 Å². The third kappa shape index (κ3) is 5.61. The monoisotopic (exact) mass is 253 g/mol. The van der Waals surface area contributed by atoms with Crippen LogP contribution in [0.3, 0.4) is 0 Å². The summed E-state index contributed by atoms with van der Waals surface area (Å²) >= 11 is 0. The first-order valence-corrected chi connectivity index (χ1v) is 6.55. The molecule has 0 radical (unpaired) electrons. The van der Waals surface area contributed by atoms with Gasteiger partial charge in [0.25, 0.3) is 0 Å². The lowest BCUT2D eigenvalue weighted by atomic mass is 10.1. The molecule has 0 aliphatic rings. The fourth-order valence-corrected chi connectivity index (χ4v) is 1.65. The number of benzene rings is 1. The van der Waals surface area contributed by atoms with Crippen LogP contribution in [-0.2, 0) is 4.74 Å². The van der Waals surface area contributed by atoms with Crippen LogP contribution in [0.25, 0.3) is 0 Å². The molecule has 0 aliphatic carbocycles. The van der Waals surface area contributed by atoms with Crippen molar-refractivity contribution < 1.29 is 9.13 Å². The number of hydrogen-bond acceptors (Lipinski definition) is 2. The maximum absolute atomic E-state index is 13.3. The summed E-state index contributed by atoms with van der Waals surface area (Å²) in [6, 6.07) is 6.75. The number of halogens is 1. The van der Waals surface area contributed by atoms with Crippen molar-refractivity contribution in [2.75, 3.05) is 13.2 Å². The van der Waals surface area contributed by atoms with Gasteiger partial charge in [-0.25, -0.2) is 4.39 Å². The van der Waals surface area contributed by atoms with Crippen molar-refractivity contribution >= 4 is 0 Å². The summed E-state index contributed by atoms with van der Waals surface area (Å²) in [4.78, 5) is 0. The lowest BCUT2D eigenvalue weighted by molar-refractivity contribution is -0.0148. The molecule has 0 saturated heterocycles. The van der Waals surface area contributed by atoms with Crippen molar-refractivity contribution in [3.63, 3.8) is 0 Å². The Balaban J connectivity index is 2.71. The van der Waals surface area contributed by atoms with Gasteiger partial charge in [0.1, 0.15) is 5.82 Å². The highest BCUT2D eigenvalue weighted by Gasteiger charge is 2.16. The molecule has 0 fully saturated rings. The van der Waals surface area contributed by atoms with Crippen molar-refractivity contribution in [3.8, 4) is 0 Å². The number of hydrogen-bond donors (Lipinski definition) is 1. The van der Waals surface area contributed by atoms with Gasteiger partial charge in [-0.2, -0.15) is 0 Å². The molecule has 0 heterocycles. The lowest BCUT2D eigenvalue weighted by Crippen LogP contribution is -2.30. The molecule has 1 rings (SSSR count). The Kier molecular flexibility index (Phi) is 5.76. The van der Waals surface area contributed by atoms with Gasteiger partial charge >= 0.3 is 0 Å². The Morgan fingerprint density at radius 2 is 2.06 bits per heavy atom. The van der Waals surface area contributed by atoms with Gasteiger partial charge in [0.2, 0.25) is 0 Å². The molecule has 0 aromatic heterocycles. The zero-order valence-electron chi connectivity index (χ0n) is 11.8. The van der Waals surface area contributed by atoms with Crippen LogP contribution in [0.1, 0.15) is 45.7 Å². The van der Waals surface area contributed by atoms with Crippen molar-refractivity contribution in [2.24, 2.45) is 0 Å². The first kappa shape index (κ1) is 15.1. The van der Waals surface area contributed by atoms with Crippen LogP contribution in [-0.4, -0.2) is 18.8 Å². The van der Waals surface area contributed by atoms with Crippen LogP contribution in [0.15, 0.2) is 24.3 Å². The van der Waals surface area contributed by atoms with E-state index in [-0.39, 0.29) is 17.5 Å². The molecule has 1 aromatic carbocycles. The topological polar surface area (TPSA) is 21.3 Å². The Labute approximate surface area is 110 Å². The van der Waals surface area contributed by atoms with Crippen LogP contribution in [0.5, 0.6) is 0 Å². The van der Waals surface area contributed by atoms with Gasteiger partial charge < -0.3 is 10.1 Å². The largest absolute Gasteiger partial charge is 0.374 e. The normalized spacial score (nSPS) is 13.6. The van der Waals surface area contributed by atoms with Gasteiger partial charge in [-0.05, 0) is 51.4 Å². The molecule has 2 nitrogen and oxygen atoms in total. The van der Waals surface area contributed by atoms with E-state index in [1.54, 1.807) is 12.1 Å². The number of nitrogens with one attached hydrogen (secondary N) is 1. The van der Waals surface area contributed by atoms with Gasteiger partial charge in [0.05, 0.1) is 18.2 Å². The second-order valence-electron chi connectivity index (χ2n) is 5.49. The summed E-state index contributed by atoms with van der Waals surface area (Å²) in [6.45, 7) is 9.63. The second-order valence-corrected chi connectivity index (χ2v) is 5.49. The number of rotatable bonds is 6. The average molecular weight is 253 g/mol. The standard InChI is InChI=1S/C15H24FNO/c1-5-9-17-14(11-18-15(2,3)4)12-7-6-8-13(16)10-12/h6-8,10,14,17H,5,9,11H2,1-4H3. The molecule has 1 aromatic rings. The van der Waals surface area contributed by atoms with E-state index in [0.29, 0.717) is 6.61 Å². The fraction of sp³-hybridized carbons (Fsp3) is 0.600. The SMILES string of the molecule is CCCNC(COC(C)(C)C)c1cccc(F)c1. The summed E-state index contributed by atoms with van der Waals surface area (Å²) in [5.74, 6) is -0.202. The van der Waals surface area contributed by atoms with Crippen LogP contribution in [0.4, 0.5) is 4.39 Å². The van der Waals surface area contributed by atoms with Crippen molar-refractivity contribution in [2.45, 2.75) is 45.8 Å². The highest BCUT2D eigenvalue weighted by Crippen LogP contribution is 2.18. The Hall–Kier alpha value is -0.930. The highest BCUT2D eigenvalue weighted by molar-refractivity contribution is 5.20. The number of ether oxygens (including phenoxy) is 1. The molecule has 3 heteroatoms. The molecule has 1 N–H and O–H groups in total. The third-order valence-electron chi connectivity index (χ3n) is 2.57. The molecule has 0 aliphatic heterocycles. The average Bonchev–Trinajstić information content (AvgIpc) is 2.28. The molecule has 0 saturated carbocycles. The van der Waals surface area contributed by atoms with Crippen molar-refractivity contribution in [1.29, 1.82) is 0 Å². The van der Waals surface area contributed by atoms with Gasteiger partial charge in [-0.15, -0.1) is 0 Å². The van der Waals surface area contributed by atoms with Crippen molar-refractivity contribution in [3.05, 3.63) is 35.6 Å².